The molecule has 7 nitrogen and oxygen atoms in total. The molecule has 0 saturated heterocycles. The fraction of sp³-hybridized carbons (Fsp3) is 0.333. The Hall–Kier alpha value is -3.48. The highest BCUT2D eigenvalue weighted by atomic mass is 16.5. The first-order chi connectivity index (χ1) is 15.0. The molecule has 0 unspecified atom stereocenters. The van der Waals surface area contributed by atoms with Crippen LogP contribution in [0.4, 0.5) is 0 Å². The number of carbonyl (C=O) groups is 1. The summed E-state index contributed by atoms with van der Waals surface area (Å²) in [5.74, 6) is 2.50. The van der Waals surface area contributed by atoms with Gasteiger partial charge in [0.15, 0.2) is 42.3 Å². The average Bonchev–Trinajstić information content (AvgIpc) is 2.79. The summed E-state index contributed by atoms with van der Waals surface area (Å²) in [6.07, 6.45) is 2.94. The predicted octanol–water partition coefficient (Wildman–Crippen LogP) is 2.84. The smallest absolute Gasteiger partial charge is 0.259 e. The lowest BCUT2D eigenvalue weighted by atomic mass is 9.95. The first kappa shape index (κ1) is 20.8. The number of hydrogen-bond acceptors (Lipinski definition) is 5. The molecule has 0 atom stereocenters. The molecule has 0 spiro atoms. The molecular weight excluding hydrogens is 396 g/mol. The van der Waals surface area contributed by atoms with Gasteiger partial charge in [-0.3, -0.25) is 4.79 Å². The summed E-state index contributed by atoms with van der Waals surface area (Å²) in [6.45, 7) is 0.769. The molecule has 0 radical (unpaired) electrons. The minimum atomic E-state index is -0.111. The van der Waals surface area contributed by atoms with Crippen molar-refractivity contribution in [3.63, 3.8) is 0 Å². The number of pyridine rings is 1. The third-order valence-electron chi connectivity index (χ3n) is 5.65. The normalized spacial score (nSPS) is 12.0. The van der Waals surface area contributed by atoms with Crippen molar-refractivity contribution in [1.82, 2.24) is 4.90 Å². The van der Waals surface area contributed by atoms with E-state index >= 15 is 0 Å². The van der Waals surface area contributed by atoms with Crippen LogP contribution in [0.15, 0.2) is 36.5 Å². The van der Waals surface area contributed by atoms with Gasteiger partial charge in [-0.1, -0.05) is 0 Å². The second-order valence-electron chi connectivity index (χ2n) is 7.64. The maximum atomic E-state index is 12.1. The Kier molecular flexibility index (Phi) is 5.59. The Balaban J connectivity index is 1.84. The summed E-state index contributed by atoms with van der Waals surface area (Å²) in [5.41, 5.74) is 3.43. The summed E-state index contributed by atoms with van der Waals surface area (Å²) in [5, 5.41) is 1.90. The number of rotatable bonds is 6. The van der Waals surface area contributed by atoms with Crippen LogP contribution in [-0.4, -0.2) is 52.8 Å². The van der Waals surface area contributed by atoms with E-state index in [0.717, 1.165) is 40.7 Å². The van der Waals surface area contributed by atoms with Crippen molar-refractivity contribution in [3.05, 3.63) is 42.1 Å². The molecular formula is C24H27N2O5+. The summed E-state index contributed by atoms with van der Waals surface area (Å²) in [6, 6.07) is 10.1. The summed E-state index contributed by atoms with van der Waals surface area (Å²) in [7, 11) is 8.31. The standard InChI is InChI=1S/C24H27N2O5/c1-25(2)23(27)14-31-24-18-13-26-9-8-16-11-21(29-4)22(30-5)12-17(16)19(26)10-15(18)6-7-20(24)28-3/h6-7,10-13H,8-9,14H2,1-5H3/q+1. The van der Waals surface area contributed by atoms with Crippen molar-refractivity contribution in [1.29, 1.82) is 0 Å². The molecule has 31 heavy (non-hydrogen) atoms. The number of fused-ring (bicyclic) bond motifs is 4. The zero-order valence-corrected chi connectivity index (χ0v) is 18.5. The van der Waals surface area contributed by atoms with Crippen molar-refractivity contribution in [2.45, 2.75) is 13.0 Å². The molecule has 2 aromatic carbocycles. The van der Waals surface area contributed by atoms with E-state index in [1.54, 1.807) is 35.4 Å². The molecule has 4 rings (SSSR count). The van der Waals surface area contributed by atoms with Crippen LogP contribution < -0.4 is 23.5 Å². The van der Waals surface area contributed by atoms with Gasteiger partial charge in [0.1, 0.15) is 0 Å². The monoisotopic (exact) mass is 423 g/mol. The van der Waals surface area contributed by atoms with E-state index in [9.17, 15) is 4.79 Å². The van der Waals surface area contributed by atoms with Gasteiger partial charge in [0.2, 0.25) is 5.69 Å². The number of amides is 1. The lowest BCUT2D eigenvalue weighted by molar-refractivity contribution is -0.686. The van der Waals surface area contributed by atoms with E-state index in [-0.39, 0.29) is 12.5 Å². The summed E-state index contributed by atoms with van der Waals surface area (Å²) < 4.78 is 24.6. The number of likely N-dealkylation sites (N-methyl/N-ethyl adjacent to an activating group) is 1. The van der Waals surface area contributed by atoms with Gasteiger partial charge in [0.25, 0.3) is 5.91 Å². The van der Waals surface area contributed by atoms with Crippen molar-refractivity contribution in [2.75, 3.05) is 42.0 Å². The van der Waals surface area contributed by atoms with Crippen LogP contribution in [-0.2, 0) is 17.8 Å². The molecule has 0 N–H and O–H groups in total. The van der Waals surface area contributed by atoms with E-state index in [0.29, 0.717) is 17.2 Å². The molecule has 1 aliphatic heterocycles. The Morgan fingerprint density at radius 1 is 1.00 bits per heavy atom. The minimum absolute atomic E-state index is 0.0515. The van der Waals surface area contributed by atoms with E-state index in [2.05, 4.69) is 22.9 Å². The van der Waals surface area contributed by atoms with Crippen molar-refractivity contribution < 1.29 is 28.3 Å². The topological polar surface area (TPSA) is 61.1 Å². The maximum absolute atomic E-state index is 12.1. The van der Waals surface area contributed by atoms with E-state index in [1.165, 1.54) is 10.5 Å². The fourth-order valence-corrected chi connectivity index (χ4v) is 3.91. The van der Waals surface area contributed by atoms with Crippen LogP contribution in [0.5, 0.6) is 23.0 Å². The maximum Gasteiger partial charge on any atom is 0.259 e. The predicted molar refractivity (Wildman–Crippen MR) is 117 cm³/mol. The number of aryl methyl sites for hydroxylation is 2. The molecule has 0 bridgehead atoms. The second kappa shape index (κ2) is 8.34. The highest BCUT2D eigenvalue weighted by Crippen LogP contribution is 2.40. The van der Waals surface area contributed by atoms with Gasteiger partial charge >= 0.3 is 0 Å². The third-order valence-corrected chi connectivity index (χ3v) is 5.65. The SMILES string of the molecule is COc1cc2c(cc1OC)-c1cc3ccc(OC)c(OCC(=O)N(C)C)c3c[n+]1CC2. The number of methoxy groups -OCH3 is 3. The molecule has 1 aromatic heterocycles. The Labute approximate surface area is 181 Å². The molecule has 2 heterocycles. The van der Waals surface area contributed by atoms with Crippen molar-refractivity contribution >= 4 is 16.7 Å². The van der Waals surface area contributed by atoms with E-state index < -0.39 is 0 Å². The first-order valence-electron chi connectivity index (χ1n) is 10.1. The molecule has 162 valence electrons. The molecule has 3 aromatic rings. The van der Waals surface area contributed by atoms with Crippen LogP contribution in [0.1, 0.15) is 5.56 Å². The zero-order chi connectivity index (χ0) is 22.1. The molecule has 1 aliphatic rings. The van der Waals surface area contributed by atoms with Gasteiger partial charge in [-0.2, -0.15) is 4.57 Å². The number of hydrogen-bond donors (Lipinski definition) is 0. The number of aromatic nitrogens is 1. The van der Waals surface area contributed by atoms with Gasteiger partial charge in [0.05, 0.1) is 32.3 Å². The number of nitrogens with zero attached hydrogens (tertiary/aromatic N) is 2. The quantitative estimate of drug-likeness (QED) is 0.571. The minimum Gasteiger partial charge on any atom is -0.493 e. The highest BCUT2D eigenvalue weighted by Gasteiger charge is 2.27. The van der Waals surface area contributed by atoms with E-state index in [1.807, 2.05) is 18.2 Å². The number of benzene rings is 2. The van der Waals surface area contributed by atoms with Crippen LogP contribution in [0.25, 0.3) is 22.0 Å². The molecule has 1 amide bonds. The van der Waals surface area contributed by atoms with Crippen LogP contribution >= 0.6 is 0 Å². The third kappa shape index (κ3) is 3.71. The highest BCUT2D eigenvalue weighted by molar-refractivity contribution is 5.92. The van der Waals surface area contributed by atoms with Gasteiger partial charge in [-0.05, 0) is 35.2 Å². The largest absolute Gasteiger partial charge is 0.493 e. The second-order valence-corrected chi connectivity index (χ2v) is 7.64. The van der Waals surface area contributed by atoms with Gasteiger partial charge in [-0.25, -0.2) is 0 Å². The molecule has 0 aliphatic carbocycles. The van der Waals surface area contributed by atoms with Crippen LogP contribution in [0, 0.1) is 0 Å². The fourth-order valence-electron chi connectivity index (χ4n) is 3.91. The zero-order valence-electron chi connectivity index (χ0n) is 18.5. The van der Waals surface area contributed by atoms with Gasteiger partial charge < -0.3 is 23.8 Å². The lowest BCUT2D eigenvalue weighted by Crippen LogP contribution is -2.40. The van der Waals surface area contributed by atoms with Crippen molar-refractivity contribution in [3.8, 4) is 34.3 Å². The molecule has 7 heteroatoms. The number of carbonyl (C=O) groups excluding carboxylic acids is 1. The Bertz CT molecular complexity index is 1160. The molecule has 0 fully saturated rings. The van der Waals surface area contributed by atoms with Gasteiger partial charge in [0, 0.05) is 26.6 Å². The Morgan fingerprint density at radius 3 is 2.39 bits per heavy atom. The number of ether oxygens (including phenoxy) is 4. The lowest BCUT2D eigenvalue weighted by Gasteiger charge is -2.19. The summed E-state index contributed by atoms with van der Waals surface area (Å²) in [4.78, 5) is 13.6. The van der Waals surface area contributed by atoms with Crippen molar-refractivity contribution in [2.24, 2.45) is 0 Å². The van der Waals surface area contributed by atoms with E-state index in [4.69, 9.17) is 18.9 Å². The van der Waals surface area contributed by atoms with Crippen LogP contribution in [0.3, 0.4) is 0 Å². The molecule has 0 saturated carbocycles. The first-order valence-corrected chi connectivity index (χ1v) is 10.1. The van der Waals surface area contributed by atoms with Crippen LogP contribution in [0.2, 0.25) is 0 Å². The van der Waals surface area contributed by atoms with Gasteiger partial charge in [-0.15, -0.1) is 0 Å². The Morgan fingerprint density at radius 2 is 1.71 bits per heavy atom. The summed E-state index contributed by atoms with van der Waals surface area (Å²) >= 11 is 0. The average molecular weight is 423 g/mol.